The number of carbonyl (C=O) groups excluding carboxylic acids is 3. The number of ether oxygens (including phenoxy) is 2. The second kappa shape index (κ2) is 36.3. The Bertz CT molecular complexity index is 982. The van der Waals surface area contributed by atoms with Crippen molar-refractivity contribution in [3.05, 3.63) is 12.2 Å². The van der Waals surface area contributed by atoms with Crippen molar-refractivity contribution in [3.8, 4) is 0 Å². The fourth-order valence-corrected chi connectivity index (χ4v) is 7.91. The number of carbonyl (C=O) groups is 3. The Labute approximate surface area is 343 Å². The molecule has 0 radical (unpaired) electrons. The van der Waals surface area contributed by atoms with Crippen LogP contribution in [0.5, 0.6) is 0 Å². The van der Waals surface area contributed by atoms with E-state index < -0.39 is 18.3 Å². The first-order chi connectivity index (χ1) is 27.2. The zero-order valence-electron chi connectivity index (χ0n) is 36.5. The van der Waals surface area contributed by atoms with Crippen LogP contribution in [-0.2, 0) is 23.9 Å². The number of ketones is 1. The Morgan fingerprint density at radius 3 is 1.54 bits per heavy atom. The van der Waals surface area contributed by atoms with Crippen molar-refractivity contribution < 1.29 is 39.2 Å². The molecule has 0 aromatic rings. The van der Waals surface area contributed by atoms with Gasteiger partial charge in [-0.15, -0.1) is 0 Å². The summed E-state index contributed by atoms with van der Waals surface area (Å²) in [5.41, 5.74) is 0. The van der Waals surface area contributed by atoms with Gasteiger partial charge in [0.25, 0.3) is 0 Å². The van der Waals surface area contributed by atoms with E-state index in [4.69, 9.17) is 9.47 Å². The predicted octanol–water partition coefficient (Wildman–Crippen LogP) is 11.7. The fourth-order valence-electron chi connectivity index (χ4n) is 7.91. The molecule has 1 aliphatic rings. The lowest BCUT2D eigenvalue weighted by Gasteiger charge is -2.19. The molecule has 1 saturated carbocycles. The third-order valence-electron chi connectivity index (χ3n) is 11.9. The van der Waals surface area contributed by atoms with Crippen LogP contribution in [0.15, 0.2) is 12.2 Å². The lowest BCUT2D eigenvalue weighted by Crippen LogP contribution is -2.25. The van der Waals surface area contributed by atoms with E-state index in [0.717, 1.165) is 70.1 Å². The molecular formula is C48H88O8. The Hall–Kier alpha value is -1.77. The van der Waals surface area contributed by atoms with Crippen LogP contribution in [0.2, 0.25) is 0 Å². The first-order valence-electron chi connectivity index (χ1n) is 23.7. The van der Waals surface area contributed by atoms with Crippen molar-refractivity contribution in [3.63, 3.8) is 0 Å². The highest BCUT2D eigenvalue weighted by molar-refractivity contribution is 5.86. The number of hydrogen-bond donors (Lipinski definition) is 3. The van der Waals surface area contributed by atoms with Crippen LogP contribution in [-0.4, -0.2) is 64.6 Å². The van der Waals surface area contributed by atoms with E-state index in [1.165, 1.54) is 109 Å². The molecule has 0 spiro atoms. The molecule has 0 saturated heterocycles. The summed E-state index contributed by atoms with van der Waals surface area (Å²) in [5.74, 6) is -0.235. The predicted molar refractivity (Wildman–Crippen MR) is 229 cm³/mol. The van der Waals surface area contributed by atoms with Crippen molar-refractivity contribution in [1.82, 2.24) is 0 Å². The average molecular weight is 793 g/mol. The molecule has 1 aliphatic carbocycles. The van der Waals surface area contributed by atoms with Crippen molar-refractivity contribution in [2.45, 2.75) is 245 Å². The number of aliphatic hydroxyl groups excluding tert-OH is 3. The monoisotopic (exact) mass is 793 g/mol. The molecule has 1 unspecified atom stereocenters. The normalized spacial score (nSPS) is 18.8. The lowest BCUT2D eigenvalue weighted by molar-refractivity contribution is -0.152. The van der Waals surface area contributed by atoms with E-state index in [1.54, 1.807) is 12.2 Å². The second-order valence-corrected chi connectivity index (χ2v) is 17.3. The van der Waals surface area contributed by atoms with Crippen molar-refractivity contribution in [2.24, 2.45) is 17.8 Å². The number of aliphatic hydroxyl groups is 3. The summed E-state index contributed by atoms with van der Waals surface area (Å²) < 4.78 is 10.4. The van der Waals surface area contributed by atoms with Gasteiger partial charge in [0.2, 0.25) is 0 Å². The quantitative estimate of drug-likeness (QED) is 0.0319. The number of unbranched alkanes of at least 4 members (excludes halogenated alkanes) is 22. The zero-order chi connectivity index (χ0) is 41.1. The third-order valence-corrected chi connectivity index (χ3v) is 11.9. The Morgan fingerprint density at radius 1 is 0.643 bits per heavy atom. The van der Waals surface area contributed by atoms with Gasteiger partial charge in [-0.1, -0.05) is 193 Å². The number of Topliss-reactive ketones (excluding diaryl/α,β-unsaturated/α-hetero) is 1. The first kappa shape index (κ1) is 52.2. The third kappa shape index (κ3) is 29.4. The Kier molecular flexibility index (Phi) is 33.9. The highest BCUT2D eigenvalue weighted by Gasteiger charge is 2.39. The number of allylic oxidation sites excluding steroid dienone is 1. The molecule has 328 valence electrons. The summed E-state index contributed by atoms with van der Waals surface area (Å²) in [6.45, 7) is 6.43. The molecule has 1 fully saturated rings. The molecule has 8 heteroatoms. The largest absolute Gasteiger partial charge is 0.463 e. The van der Waals surface area contributed by atoms with Gasteiger partial charge in [-0.3, -0.25) is 14.4 Å². The Balaban J connectivity index is 1.92. The van der Waals surface area contributed by atoms with Gasteiger partial charge in [-0.25, -0.2) is 0 Å². The van der Waals surface area contributed by atoms with E-state index in [2.05, 4.69) is 20.8 Å². The molecule has 1 rings (SSSR count). The van der Waals surface area contributed by atoms with Crippen LogP contribution >= 0.6 is 0 Å². The molecule has 0 aromatic heterocycles. The maximum Gasteiger partial charge on any atom is 0.305 e. The highest BCUT2D eigenvalue weighted by atomic mass is 16.6. The van der Waals surface area contributed by atoms with Gasteiger partial charge in [0.05, 0.1) is 12.2 Å². The summed E-state index contributed by atoms with van der Waals surface area (Å²) >= 11 is 0. The summed E-state index contributed by atoms with van der Waals surface area (Å²) in [6.07, 6.45) is 36.1. The lowest BCUT2D eigenvalue weighted by atomic mass is 9.88. The van der Waals surface area contributed by atoms with E-state index >= 15 is 0 Å². The maximum atomic E-state index is 12.4. The zero-order valence-corrected chi connectivity index (χ0v) is 36.5. The van der Waals surface area contributed by atoms with Gasteiger partial charge in [0.1, 0.15) is 25.1 Å². The van der Waals surface area contributed by atoms with Gasteiger partial charge in [0.15, 0.2) is 0 Å². The molecule has 0 bridgehead atoms. The van der Waals surface area contributed by atoms with Gasteiger partial charge >= 0.3 is 11.9 Å². The SMILES string of the molecule is CCCCC[C@H](O)/C=C/[C@H]1C(=O)C[C@H](O)[C@@H]1CCCCCCC(=O)OC[C@H](O)COC(=O)CCCCCCCCCCCCCCCCCCCCC(C)CC. The molecule has 0 aliphatic heterocycles. The molecule has 3 N–H and O–H groups in total. The van der Waals surface area contributed by atoms with Crippen molar-refractivity contribution in [1.29, 1.82) is 0 Å². The van der Waals surface area contributed by atoms with Gasteiger partial charge in [-0.05, 0) is 37.5 Å². The van der Waals surface area contributed by atoms with Crippen LogP contribution in [0, 0.1) is 17.8 Å². The summed E-state index contributed by atoms with van der Waals surface area (Å²) in [5, 5.41) is 30.7. The smallest absolute Gasteiger partial charge is 0.305 e. The molecule has 0 aromatic carbocycles. The number of rotatable bonds is 39. The van der Waals surface area contributed by atoms with Gasteiger partial charge in [-0.2, -0.15) is 0 Å². The fraction of sp³-hybridized carbons (Fsp3) is 0.896. The van der Waals surface area contributed by atoms with E-state index in [1.807, 2.05) is 0 Å². The van der Waals surface area contributed by atoms with E-state index in [-0.39, 0.29) is 55.6 Å². The van der Waals surface area contributed by atoms with Crippen LogP contribution < -0.4 is 0 Å². The molecule has 6 atom stereocenters. The molecule has 8 nitrogen and oxygen atoms in total. The molecule has 56 heavy (non-hydrogen) atoms. The molecule has 0 amide bonds. The second-order valence-electron chi connectivity index (χ2n) is 17.3. The minimum atomic E-state index is -1.04. The minimum Gasteiger partial charge on any atom is -0.463 e. The summed E-state index contributed by atoms with van der Waals surface area (Å²) in [6, 6.07) is 0. The van der Waals surface area contributed by atoms with Crippen LogP contribution in [0.3, 0.4) is 0 Å². The van der Waals surface area contributed by atoms with Crippen LogP contribution in [0.1, 0.15) is 226 Å². The topological polar surface area (TPSA) is 130 Å². The highest BCUT2D eigenvalue weighted by Crippen LogP contribution is 2.34. The molecular weight excluding hydrogens is 705 g/mol. The number of esters is 2. The summed E-state index contributed by atoms with van der Waals surface area (Å²) in [4.78, 5) is 36.7. The van der Waals surface area contributed by atoms with Gasteiger partial charge in [0, 0.05) is 25.2 Å². The minimum absolute atomic E-state index is 0.0373. The average Bonchev–Trinajstić information content (AvgIpc) is 3.46. The number of hydrogen-bond acceptors (Lipinski definition) is 8. The van der Waals surface area contributed by atoms with E-state index in [0.29, 0.717) is 19.3 Å². The van der Waals surface area contributed by atoms with Gasteiger partial charge < -0.3 is 24.8 Å². The van der Waals surface area contributed by atoms with Crippen LogP contribution in [0.25, 0.3) is 0 Å². The first-order valence-corrected chi connectivity index (χ1v) is 23.7. The summed E-state index contributed by atoms with van der Waals surface area (Å²) in [7, 11) is 0. The Morgan fingerprint density at radius 2 is 1.07 bits per heavy atom. The van der Waals surface area contributed by atoms with Crippen molar-refractivity contribution in [2.75, 3.05) is 13.2 Å². The maximum absolute atomic E-state index is 12.4. The van der Waals surface area contributed by atoms with E-state index in [9.17, 15) is 29.7 Å². The molecule has 0 heterocycles. The van der Waals surface area contributed by atoms with Crippen molar-refractivity contribution >= 4 is 17.7 Å². The standard InChI is InChI=1S/C48H88O8/c1-4-6-25-31-41(49)35-36-44-43(45(51)37-46(44)52)32-27-23-24-29-34-48(54)56-39-42(50)38-55-47(53)33-28-22-20-18-16-14-12-10-8-7-9-11-13-15-17-19-21-26-30-40(3)5-2/h35-36,40-45,49-51H,4-34,37-39H2,1-3H3/b36-35+/t40?,41-,42+,43+,44+,45-/m0/s1. The van der Waals surface area contributed by atoms with Crippen LogP contribution in [0.4, 0.5) is 0 Å².